The van der Waals surface area contributed by atoms with E-state index in [1.54, 1.807) is 13.8 Å². The molecule has 8 heteroatoms. The zero-order valence-electron chi connectivity index (χ0n) is 11.5. The molecular formula is C12H16N2O6. The first-order valence-electron chi connectivity index (χ1n) is 6.16. The molecule has 1 heterocycles. The number of carbonyl (C=O) groups is 2. The summed E-state index contributed by atoms with van der Waals surface area (Å²) in [5.74, 6) is -0.308. The lowest BCUT2D eigenvalue weighted by Gasteiger charge is -2.09. The molecule has 0 saturated heterocycles. The fourth-order valence-electron chi connectivity index (χ4n) is 1.18. The third-order valence-corrected chi connectivity index (χ3v) is 2.04. The van der Waals surface area contributed by atoms with Crippen molar-refractivity contribution >= 4 is 12.3 Å². The molecule has 0 bridgehead atoms. The Labute approximate surface area is 116 Å². The number of carbonyl (C=O) groups excluding carboxylic acids is 2. The monoisotopic (exact) mass is 284 g/mol. The fourth-order valence-corrected chi connectivity index (χ4v) is 1.18. The molecule has 0 unspecified atom stereocenters. The number of hydrogen-bond donors (Lipinski definition) is 0. The Balaban J connectivity index is 2.91. The van der Waals surface area contributed by atoms with Crippen LogP contribution in [0.15, 0.2) is 6.07 Å². The maximum absolute atomic E-state index is 11.3. The zero-order valence-corrected chi connectivity index (χ0v) is 11.5. The average Bonchev–Trinajstić information content (AvgIpc) is 2.41. The summed E-state index contributed by atoms with van der Waals surface area (Å²) in [4.78, 5) is 22.6. The highest BCUT2D eigenvalue weighted by molar-refractivity contribution is 5.67. The van der Waals surface area contributed by atoms with Crippen LogP contribution < -0.4 is 9.47 Å². The molecule has 0 fully saturated rings. The second-order valence-electron chi connectivity index (χ2n) is 3.43. The molecule has 8 nitrogen and oxygen atoms in total. The molecule has 0 spiro atoms. The summed E-state index contributed by atoms with van der Waals surface area (Å²) < 4.78 is 19.0. The van der Waals surface area contributed by atoms with Gasteiger partial charge in [0.1, 0.15) is 0 Å². The van der Waals surface area contributed by atoms with E-state index in [1.165, 1.54) is 6.07 Å². The van der Waals surface area contributed by atoms with Crippen molar-refractivity contribution in [3.05, 3.63) is 11.8 Å². The van der Waals surface area contributed by atoms with Crippen LogP contribution in [0.2, 0.25) is 0 Å². The minimum absolute atomic E-state index is 0.0525. The minimum Gasteiger partial charge on any atom is -0.434 e. The molecule has 1 aromatic rings. The first-order valence-corrected chi connectivity index (χ1v) is 6.16. The molecule has 110 valence electrons. The average molecular weight is 284 g/mol. The van der Waals surface area contributed by atoms with Crippen LogP contribution in [0.1, 0.15) is 26.5 Å². The third-order valence-electron chi connectivity index (χ3n) is 2.04. The fraction of sp³-hybridized carbons (Fsp3) is 0.500. The van der Waals surface area contributed by atoms with Gasteiger partial charge in [0.2, 0.25) is 5.75 Å². The molecular weight excluding hydrogens is 268 g/mol. The van der Waals surface area contributed by atoms with Crippen LogP contribution in [0.4, 0.5) is 9.59 Å². The molecule has 20 heavy (non-hydrogen) atoms. The van der Waals surface area contributed by atoms with Crippen molar-refractivity contribution in [3.8, 4) is 11.6 Å². The molecule has 0 aliphatic rings. The Morgan fingerprint density at radius 1 is 1.00 bits per heavy atom. The molecule has 1 rings (SSSR count). The zero-order chi connectivity index (χ0) is 15.0. The van der Waals surface area contributed by atoms with Crippen molar-refractivity contribution in [1.29, 1.82) is 0 Å². The molecule has 0 saturated carbocycles. The Morgan fingerprint density at radius 2 is 1.60 bits per heavy atom. The number of hydrogen-bond acceptors (Lipinski definition) is 8. The number of aryl methyl sites for hydroxylation is 1. The van der Waals surface area contributed by atoms with Gasteiger partial charge in [-0.05, 0) is 20.3 Å². The number of rotatable bonds is 5. The van der Waals surface area contributed by atoms with Gasteiger partial charge in [0.15, 0.2) is 0 Å². The summed E-state index contributed by atoms with van der Waals surface area (Å²) in [5.41, 5.74) is 0.570. The van der Waals surface area contributed by atoms with E-state index in [4.69, 9.17) is 9.47 Å². The van der Waals surface area contributed by atoms with Gasteiger partial charge < -0.3 is 18.9 Å². The second-order valence-corrected chi connectivity index (χ2v) is 3.43. The summed E-state index contributed by atoms with van der Waals surface area (Å²) in [6.07, 6.45) is -1.30. The standard InChI is InChI=1S/C12H16N2O6/c1-4-8-7-9(19-11(15)17-5-2)10(14-13-8)20-12(16)18-6-3/h7H,4-6H2,1-3H3. The summed E-state index contributed by atoms with van der Waals surface area (Å²) in [7, 11) is 0. The lowest BCUT2D eigenvalue weighted by atomic mass is 10.3. The van der Waals surface area contributed by atoms with Crippen molar-refractivity contribution < 1.29 is 28.5 Å². The predicted octanol–water partition coefficient (Wildman–Crippen LogP) is 2.11. The second kappa shape index (κ2) is 7.93. The van der Waals surface area contributed by atoms with E-state index in [-0.39, 0.29) is 24.8 Å². The SMILES string of the molecule is CCOC(=O)Oc1cc(CC)nnc1OC(=O)OCC. The maximum Gasteiger partial charge on any atom is 0.515 e. The van der Waals surface area contributed by atoms with Crippen LogP contribution in [0.3, 0.4) is 0 Å². The van der Waals surface area contributed by atoms with Crippen molar-refractivity contribution in [2.24, 2.45) is 0 Å². The van der Waals surface area contributed by atoms with Gasteiger partial charge in [-0.1, -0.05) is 6.92 Å². The van der Waals surface area contributed by atoms with Gasteiger partial charge in [-0.3, -0.25) is 0 Å². The Bertz CT molecular complexity index is 477. The van der Waals surface area contributed by atoms with Crippen LogP contribution in [0.5, 0.6) is 11.6 Å². The van der Waals surface area contributed by atoms with Gasteiger partial charge in [-0.2, -0.15) is 5.10 Å². The number of ether oxygens (including phenoxy) is 4. The topological polar surface area (TPSA) is 96.8 Å². The van der Waals surface area contributed by atoms with Crippen molar-refractivity contribution in [2.45, 2.75) is 27.2 Å². The van der Waals surface area contributed by atoms with Crippen molar-refractivity contribution in [1.82, 2.24) is 10.2 Å². The van der Waals surface area contributed by atoms with Gasteiger partial charge in [-0.25, -0.2) is 9.59 Å². The van der Waals surface area contributed by atoms with Crippen LogP contribution in [0, 0.1) is 0 Å². The van der Waals surface area contributed by atoms with E-state index in [2.05, 4.69) is 19.7 Å². The molecule has 0 atom stereocenters. The van der Waals surface area contributed by atoms with E-state index in [0.29, 0.717) is 12.1 Å². The Morgan fingerprint density at radius 3 is 2.15 bits per heavy atom. The van der Waals surface area contributed by atoms with Crippen molar-refractivity contribution in [3.63, 3.8) is 0 Å². The highest BCUT2D eigenvalue weighted by Crippen LogP contribution is 2.25. The number of aromatic nitrogens is 2. The van der Waals surface area contributed by atoms with E-state index in [0.717, 1.165) is 0 Å². The summed E-state index contributed by atoms with van der Waals surface area (Å²) >= 11 is 0. The highest BCUT2D eigenvalue weighted by Gasteiger charge is 2.18. The number of nitrogens with zero attached hydrogens (tertiary/aromatic N) is 2. The van der Waals surface area contributed by atoms with E-state index in [1.807, 2.05) is 6.92 Å². The van der Waals surface area contributed by atoms with Crippen molar-refractivity contribution in [2.75, 3.05) is 13.2 Å². The highest BCUT2D eigenvalue weighted by atomic mass is 16.7. The predicted molar refractivity (Wildman–Crippen MR) is 66.7 cm³/mol. The lowest BCUT2D eigenvalue weighted by molar-refractivity contribution is 0.0920. The first-order chi connectivity index (χ1) is 9.60. The van der Waals surface area contributed by atoms with Crippen LogP contribution >= 0.6 is 0 Å². The Hall–Kier alpha value is -2.38. The van der Waals surface area contributed by atoms with Crippen LogP contribution in [0.25, 0.3) is 0 Å². The molecule has 0 aromatic carbocycles. The molecule has 0 N–H and O–H groups in total. The van der Waals surface area contributed by atoms with Gasteiger partial charge in [0.25, 0.3) is 5.88 Å². The quantitative estimate of drug-likeness (QED) is 0.758. The largest absolute Gasteiger partial charge is 0.515 e. The minimum atomic E-state index is -0.959. The summed E-state index contributed by atoms with van der Waals surface area (Å²) in [6.45, 7) is 5.42. The van der Waals surface area contributed by atoms with E-state index < -0.39 is 12.3 Å². The molecule has 0 aliphatic carbocycles. The van der Waals surface area contributed by atoms with Gasteiger partial charge in [0.05, 0.1) is 18.9 Å². The van der Waals surface area contributed by atoms with E-state index in [9.17, 15) is 9.59 Å². The van der Waals surface area contributed by atoms with Crippen LogP contribution in [-0.4, -0.2) is 35.7 Å². The molecule has 0 amide bonds. The third kappa shape index (κ3) is 4.71. The Kier molecular flexibility index (Phi) is 6.21. The molecule has 1 aromatic heterocycles. The van der Waals surface area contributed by atoms with Crippen LogP contribution in [-0.2, 0) is 15.9 Å². The lowest BCUT2D eigenvalue weighted by Crippen LogP contribution is -2.15. The molecule has 0 aliphatic heterocycles. The first kappa shape index (κ1) is 15.7. The normalized spacial score (nSPS) is 9.75. The van der Waals surface area contributed by atoms with Gasteiger partial charge in [0, 0.05) is 6.07 Å². The van der Waals surface area contributed by atoms with E-state index >= 15 is 0 Å². The molecule has 0 radical (unpaired) electrons. The summed E-state index contributed by atoms with van der Waals surface area (Å²) in [5, 5.41) is 7.49. The van der Waals surface area contributed by atoms with Gasteiger partial charge >= 0.3 is 12.3 Å². The maximum atomic E-state index is 11.3. The summed E-state index contributed by atoms with van der Waals surface area (Å²) in [6, 6.07) is 1.44. The van der Waals surface area contributed by atoms with Gasteiger partial charge in [-0.15, -0.1) is 5.10 Å². The smallest absolute Gasteiger partial charge is 0.434 e.